The van der Waals surface area contributed by atoms with Crippen LogP contribution in [-0.4, -0.2) is 24.2 Å². The first kappa shape index (κ1) is 14.3. The Bertz CT molecular complexity index is 569. The Morgan fingerprint density at radius 2 is 2.25 bits per heavy atom. The highest BCUT2D eigenvalue weighted by molar-refractivity contribution is 6.32. The summed E-state index contributed by atoms with van der Waals surface area (Å²) in [6.07, 6.45) is 2.09. The summed E-state index contributed by atoms with van der Waals surface area (Å²) in [6.45, 7) is 0.908. The molecule has 0 bridgehead atoms. The summed E-state index contributed by atoms with van der Waals surface area (Å²) in [7, 11) is 0. The molecule has 0 spiro atoms. The second-order valence-corrected chi connectivity index (χ2v) is 4.46. The predicted molar refractivity (Wildman–Crippen MR) is 74.3 cm³/mol. The second-order valence-electron chi connectivity index (χ2n) is 4.05. The van der Waals surface area contributed by atoms with Gasteiger partial charge in [0.15, 0.2) is 5.76 Å². The molecule has 1 heterocycles. The Balaban J connectivity index is 1.66. The molecular formula is C14H14ClNO4. The van der Waals surface area contributed by atoms with Crippen molar-refractivity contribution in [3.8, 4) is 11.5 Å². The van der Waals surface area contributed by atoms with Gasteiger partial charge in [-0.05, 0) is 30.7 Å². The van der Waals surface area contributed by atoms with E-state index in [9.17, 15) is 9.90 Å². The molecule has 0 saturated carbocycles. The van der Waals surface area contributed by atoms with E-state index in [4.69, 9.17) is 20.8 Å². The van der Waals surface area contributed by atoms with Crippen molar-refractivity contribution >= 4 is 17.5 Å². The number of carbonyl (C=O) groups excluding carboxylic acids is 1. The number of rotatable bonds is 6. The number of halogens is 1. The maximum Gasteiger partial charge on any atom is 0.286 e. The lowest BCUT2D eigenvalue weighted by molar-refractivity contribution is 0.0924. The molecule has 2 N–H and O–H groups in total. The largest absolute Gasteiger partial charge is 0.506 e. The van der Waals surface area contributed by atoms with Gasteiger partial charge in [0.25, 0.3) is 5.91 Å². The third-order valence-corrected chi connectivity index (χ3v) is 2.84. The second kappa shape index (κ2) is 6.86. The Hall–Kier alpha value is -2.14. The topological polar surface area (TPSA) is 71.7 Å². The highest BCUT2D eigenvalue weighted by Crippen LogP contribution is 2.27. The molecule has 0 fully saturated rings. The Morgan fingerprint density at radius 3 is 2.95 bits per heavy atom. The third-order valence-electron chi connectivity index (χ3n) is 2.54. The molecule has 1 aromatic carbocycles. The van der Waals surface area contributed by atoms with E-state index >= 15 is 0 Å². The zero-order chi connectivity index (χ0) is 14.4. The molecule has 5 nitrogen and oxygen atoms in total. The van der Waals surface area contributed by atoms with E-state index in [1.54, 1.807) is 18.2 Å². The maximum atomic E-state index is 11.5. The summed E-state index contributed by atoms with van der Waals surface area (Å²) in [4.78, 5) is 11.5. The molecule has 106 valence electrons. The highest BCUT2D eigenvalue weighted by Gasteiger charge is 2.06. The standard InChI is InChI=1S/C14H14ClNO4/c15-11-9-10(4-5-12(11)17)19-8-2-6-16-14(18)13-3-1-7-20-13/h1,3-5,7,9,17H,2,6,8H2,(H,16,18). The first-order valence-corrected chi connectivity index (χ1v) is 6.47. The lowest BCUT2D eigenvalue weighted by Crippen LogP contribution is -2.25. The monoisotopic (exact) mass is 295 g/mol. The Labute approximate surface area is 121 Å². The molecule has 2 rings (SSSR count). The number of hydrogen-bond donors (Lipinski definition) is 2. The fourth-order valence-corrected chi connectivity index (χ4v) is 1.71. The van der Waals surface area contributed by atoms with Crippen molar-refractivity contribution in [2.45, 2.75) is 6.42 Å². The SMILES string of the molecule is O=C(NCCCOc1ccc(O)c(Cl)c1)c1ccco1. The molecular weight excluding hydrogens is 282 g/mol. The average molecular weight is 296 g/mol. The van der Waals surface area contributed by atoms with Crippen LogP contribution in [0, 0.1) is 0 Å². The van der Waals surface area contributed by atoms with Crippen LogP contribution in [0.25, 0.3) is 0 Å². The van der Waals surface area contributed by atoms with Crippen LogP contribution in [0.1, 0.15) is 17.0 Å². The zero-order valence-electron chi connectivity index (χ0n) is 10.6. The van der Waals surface area contributed by atoms with Crippen molar-refractivity contribution in [2.24, 2.45) is 0 Å². The summed E-state index contributed by atoms with van der Waals surface area (Å²) in [6, 6.07) is 7.90. The summed E-state index contributed by atoms with van der Waals surface area (Å²) >= 11 is 5.76. The highest BCUT2D eigenvalue weighted by atomic mass is 35.5. The van der Waals surface area contributed by atoms with Gasteiger partial charge in [-0.3, -0.25) is 4.79 Å². The fraction of sp³-hybridized carbons (Fsp3) is 0.214. The molecule has 0 saturated heterocycles. The zero-order valence-corrected chi connectivity index (χ0v) is 11.4. The summed E-state index contributed by atoms with van der Waals surface area (Å²) < 4.78 is 10.4. The van der Waals surface area contributed by atoms with Gasteiger partial charge in [0.05, 0.1) is 17.9 Å². The van der Waals surface area contributed by atoms with Crippen LogP contribution in [0.4, 0.5) is 0 Å². The number of benzene rings is 1. The predicted octanol–water partition coefficient (Wildman–Crippen LogP) is 2.84. The summed E-state index contributed by atoms with van der Waals surface area (Å²) in [5.74, 6) is 0.633. The van der Waals surface area contributed by atoms with Crippen molar-refractivity contribution in [3.05, 3.63) is 47.4 Å². The molecule has 1 amide bonds. The Morgan fingerprint density at radius 1 is 1.40 bits per heavy atom. The molecule has 20 heavy (non-hydrogen) atoms. The van der Waals surface area contributed by atoms with E-state index < -0.39 is 0 Å². The van der Waals surface area contributed by atoms with Crippen molar-refractivity contribution < 1.29 is 19.1 Å². The Kier molecular flexibility index (Phi) is 4.90. The maximum absolute atomic E-state index is 11.5. The van der Waals surface area contributed by atoms with Gasteiger partial charge in [-0.15, -0.1) is 0 Å². The van der Waals surface area contributed by atoms with E-state index in [1.165, 1.54) is 18.4 Å². The van der Waals surface area contributed by atoms with Crippen molar-refractivity contribution in [1.82, 2.24) is 5.32 Å². The van der Waals surface area contributed by atoms with Crippen LogP contribution < -0.4 is 10.1 Å². The van der Waals surface area contributed by atoms with Crippen molar-refractivity contribution in [1.29, 1.82) is 0 Å². The fourth-order valence-electron chi connectivity index (χ4n) is 1.54. The smallest absolute Gasteiger partial charge is 0.286 e. The minimum absolute atomic E-state index is 0.0183. The van der Waals surface area contributed by atoms with E-state index in [-0.39, 0.29) is 22.4 Å². The average Bonchev–Trinajstić information content (AvgIpc) is 2.96. The van der Waals surface area contributed by atoms with Gasteiger partial charge in [-0.2, -0.15) is 0 Å². The van der Waals surface area contributed by atoms with Gasteiger partial charge < -0.3 is 19.6 Å². The van der Waals surface area contributed by atoms with Crippen LogP contribution in [-0.2, 0) is 0 Å². The van der Waals surface area contributed by atoms with Crippen molar-refractivity contribution in [2.75, 3.05) is 13.2 Å². The van der Waals surface area contributed by atoms with Crippen LogP contribution >= 0.6 is 11.6 Å². The van der Waals surface area contributed by atoms with Gasteiger partial charge in [-0.1, -0.05) is 11.6 Å². The number of ether oxygens (including phenoxy) is 1. The van der Waals surface area contributed by atoms with Crippen LogP contribution in [0.5, 0.6) is 11.5 Å². The molecule has 2 aromatic rings. The number of phenolic OH excluding ortho intramolecular Hbond substituents is 1. The molecule has 0 atom stereocenters. The van der Waals surface area contributed by atoms with Crippen molar-refractivity contribution in [3.63, 3.8) is 0 Å². The van der Waals surface area contributed by atoms with Crippen LogP contribution in [0.15, 0.2) is 41.0 Å². The van der Waals surface area contributed by atoms with E-state index in [0.29, 0.717) is 25.3 Å². The lowest BCUT2D eigenvalue weighted by Gasteiger charge is -2.07. The van der Waals surface area contributed by atoms with Gasteiger partial charge >= 0.3 is 0 Å². The molecule has 6 heteroatoms. The lowest BCUT2D eigenvalue weighted by atomic mass is 10.3. The number of nitrogens with one attached hydrogen (secondary N) is 1. The van der Waals surface area contributed by atoms with Crippen LogP contribution in [0.3, 0.4) is 0 Å². The number of amides is 1. The quantitative estimate of drug-likeness (QED) is 0.804. The van der Waals surface area contributed by atoms with E-state index in [2.05, 4.69) is 5.32 Å². The number of carbonyl (C=O) groups is 1. The molecule has 0 aliphatic heterocycles. The minimum atomic E-state index is -0.248. The van der Waals surface area contributed by atoms with Gasteiger partial charge in [-0.25, -0.2) is 0 Å². The third kappa shape index (κ3) is 3.93. The first-order chi connectivity index (χ1) is 9.66. The van der Waals surface area contributed by atoms with Gasteiger partial charge in [0.2, 0.25) is 0 Å². The summed E-state index contributed by atoms with van der Waals surface area (Å²) in [5.41, 5.74) is 0. The summed E-state index contributed by atoms with van der Waals surface area (Å²) in [5, 5.41) is 12.2. The number of aromatic hydroxyl groups is 1. The first-order valence-electron chi connectivity index (χ1n) is 6.10. The van der Waals surface area contributed by atoms with E-state index in [1.807, 2.05) is 0 Å². The van der Waals surface area contributed by atoms with Gasteiger partial charge in [0, 0.05) is 12.6 Å². The van der Waals surface area contributed by atoms with E-state index in [0.717, 1.165) is 0 Å². The van der Waals surface area contributed by atoms with Gasteiger partial charge in [0.1, 0.15) is 11.5 Å². The molecule has 0 unspecified atom stereocenters. The minimum Gasteiger partial charge on any atom is -0.506 e. The number of hydrogen-bond acceptors (Lipinski definition) is 4. The molecule has 0 aliphatic rings. The molecule has 0 radical (unpaired) electrons. The molecule has 1 aromatic heterocycles. The number of phenols is 1. The number of furan rings is 1. The van der Waals surface area contributed by atoms with Crippen LogP contribution in [0.2, 0.25) is 5.02 Å². The normalized spacial score (nSPS) is 10.2. The molecule has 0 aliphatic carbocycles.